The van der Waals surface area contributed by atoms with Crippen LogP contribution < -0.4 is 37.9 Å². The molecule has 2 atom stereocenters. The molecule has 6 N–H and O–H groups in total. The van der Waals surface area contributed by atoms with Crippen LogP contribution in [-0.2, 0) is 262 Å². The molecule has 10 rings (SSSR count). The minimum Gasteiger partial charge on any atom is -0.508 e. The Hall–Kier alpha value is 3.03. The van der Waals surface area contributed by atoms with Crippen molar-refractivity contribution >= 4 is 45.3 Å². The van der Waals surface area contributed by atoms with Gasteiger partial charge in [-0.15, -0.1) is 45.3 Å². The predicted molar refractivity (Wildman–Crippen MR) is 326 cm³/mol. The van der Waals surface area contributed by atoms with Crippen LogP contribution in [0.2, 0.25) is 0 Å². The van der Waals surface area contributed by atoms with Crippen LogP contribution in [0.5, 0.6) is 57.5 Å². The van der Waals surface area contributed by atoms with Crippen LogP contribution >= 0.6 is 45.3 Å². The van der Waals surface area contributed by atoms with Gasteiger partial charge in [-0.3, -0.25) is 36.3 Å². The summed E-state index contributed by atoms with van der Waals surface area (Å²) in [5.41, 5.74) is 1.31. The molecule has 2 unspecified atom stereocenters. The van der Waals surface area contributed by atoms with Gasteiger partial charge in [0, 0.05) is 322 Å². The van der Waals surface area contributed by atoms with Gasteiger partial charge in [0.1, 0.15) is 43.5 Å². The maximum Gasteiger partial charge on any atom is 0.172 e. The Kier molecular flexibility index (Phi) is 78.7. The number of hydrogen-bond acceptors (Lipinski definition) is 18. The summed E-state index contributed by atoms with van der Waals surface area (Å²) in [6, 6.07) is 15.8. The third-order valence-electron chi connectivity index (χ3n) is 9.33. The molecule has 0 spiro atoms. The van der Waals surface area contributed by atoms with Crippen LogP contribution in [0, 0.1) is 52.6 Å². The maximum absolute atomic E-state index is 9.42. The van der Waals surface area contributed by atoms with E-state index >= 15 is 0 Å². The van der Waals surface area contributed by atoms with Gasteiger partial charge in [-0.1, -0.05) is 67.2 Å². The zero-order valence-electron chi connectivity index (χ0n) is 53.7. The summed E-state index contributed by atoms with van der Waals surface area (Å²) in [6.45, 7) is 31.2. The Labute approximate surface area is 743 Å². The fourth-order valence-corrected chi connectivity index (χ4v) is 8.31. The monoisotopic (exact) mass is 1890 g/mol. The number of hydrogen-bond donors (Lipinski definition) is 6. The Morgan fingerprint density at radius 3 is 1.28 bits per heavy atom. The average molecular weight is 1890 g/mol. The predicted octanol–water partition coefficient (Wildman–Crippen LogP) is 13.4. The summed E-state index contributed by atoms with van der Waals surface area (Å²) in [7, 11) is 0. The number of aliphatic hydroxyl groups excluding tert-OH is 4. The van der Waals surface area contributed by atoms with E-state index in [1.165, 1.54) is 40.9 Å². The number of benzene rings is 2. The Morgan fingerprint density at radius 1 is 0.489 bits per heavy atom. The summed E-state index contributed by atoms with van der Waals surface area (Å²) < 4.78 is 42.8. The molecule has 6 aromatic rings. The molecule has 14 nitrogen and oxygen atoms in total. The molecule has 0 bridgehead atoms. The summed E-state index contributed by atoms with van der Waals surface area (Å²) in [5, 5.41) is 69.4. The van der Waals surface area contributed by atoms with Crippen LogP contribution in [0.3, 0.4) is 0 Å². The topological polar surface area (TPSA) is 195 Å². The largest absolute Gasteiger partial charge is 0.508 e. The van der Waals surface area contributed by atoms with E-state index in [4.69, 9.17) is 58.3 Å². The summed E-state index contributed by atoms with van der Waals surface area (Å²) >= 11 is 6.18. The zero-order valence-corrected chi connectivity index (χ0v) is 79.6. The molecule has 0 saturated carbocycles. The second kappa shape index (κ2) is 64.7. The Morgan fingerprint density at radius 2 is 0.875 bits per heavy atom. The SMILES string of the molecule is CC.CC.CC.CC.CC(C)(C)C#Cc1[c-]cc[c-]c1.CC(C)(C)C#Cc1cc(O)ccc1O.OC1COc2cscc2OC1.OCC1CCOc2cscc2O1.OCC1COc2cscc2O1.OCC1COc2cscc2OC1.[Y].[Y].[Y].[Y].[Y].[Y].[Y].[Y]. The summed E-state index contributed by atoms with van der Waals surface area (Å²) in [5.74, 6) is 18.5. The molecule has 8 heterocycles. The molecule has 0 fully saturated rings. The number of rotatable bonds is 3. The second-order valence-electron chi connectivity index (χ2n) is 18.0. The number of thiophene rings is 4. The number of fused-ring (bicyclic) bond motifs is 4. The molecule has 4 aliphatic heterocycles. The van der Waals surface area contributed by atoms with E-state index < -0.39 is 6.10 Å². The van der Waals surface area contributed by atoms with Crippen LogP contribution in [0.1, 0.15) is 114 Å². The van der Waals surface area contributed by atoms with Crippen molar-refractivity contribution in [2.45, 2.75) is 122 Å². The Bertz CT molecular complexity index is 2610. The molecular weight excluding hydrogens is 1810 g/mol. The van der Waals surface area contributed by atoms with E-state index in [-0.39, 0.29) is 322 Å². The first-order valence-corrected chi connectivity index (χ1v) is 30.6. The molecule has 0 aliphatic carbocycles. The normalized spacial score (nSPS) is 13.7. The molecule has 8 radical (unpaired) electrons. The van der Waals surface area contributed by atoms with Gasteiger partial charge in [-0.2, -0.15) is 5.92 Å². The van der Waals surface area contributed by atoms with Crippen LogP contribution in [-0.4, -0.2) is 108 Å². The van der Waals surface area contributed by atoms with E-state index in [2.05, 4.69) is 56.6 Å². The maximum atomic E-state index is 9.42. The fourth-order valence-electron chi connectivity index (χ4n) is 5.60. The van der Waals surface area contributed by atoms with E-state index in [1.54, 1.807) is 22.7 Å². The van der Waals surface area contributed by atoms with Crippen molar-refractivity contribution in [3.05, 3.63) is 103 Å². The minimum atomic E-state index is -0.507. The van der Waals surface area contributed by atoms with E-state index in [0.29, 0.717) is 45.2 Å². The first-order chi connectivity index (χ1) is 38.5. The molecule has 0 amide bonds. The van der Waals surface area contributed by atoms with Crippen molar-refractivity contribution in [3.8, 4) is 81.2 Å². The zero-order chi connectivity index (χ0) is 59.9. The van der Waals surface area contributed by atoms with Gasteiger partial charge in [0.25, 0.3) is 0 Å². The molecule has 4 aliphatic rings. The van der Waals surface area contributed by atoms with Crippen LogP contribution in [0.4, 0.5) is 0 Å². The van der Waals surface area contributed by atoms with Crippen molar-refractivity contribution in [1.82, 2.24) is 0 Å². The van der Waals surface area contributed by atoms with E-state index in [0.717, 1.165) is 58.0 Å². The van der Waals surface area contributed by atoms with Gasteiger partial charge in [0.2, 0.25) is 0 Å². The molecule has 0 saturated heterocycles. The summed E-state index contributed by atoms with van der Waals surface area (Å²) in [4.78, 5) is 0. The number of phenolic OH excluding ortho intramolecular Hbond substituents is 2. The first kappa shape index (κ1) is 107. The summed E-state index contributed by atoms with van der Waals surface area (Å²) in [6.07, 6.45) is -0.0686. The van der Waals surface area contributed by atoms with Crippen molar-refractivity contribution in [1.29, 1.82) is 0 Å². The van der Waals surface area contributed by atoms with Gasteiger partial charge in [-0.25, -0.2) is 5.56 Å². The van der Waals surface area contributed by atoms with Crippen molar-refractivity contribution in [2.24, 2.45) is 16.7 Å². The standard InChI is InChI=1S/C12H14O2.C12H12.2C8H10O3S.2C7H8O3S.4C2H6.8Y/c1-12(2,3)7-6-9-8-10(13)4-5-11(9)14;1-12(2,3)10-9-11-7-5-4-6-8-11;9-1-6-2-10-7-4-12-5-8(7)11-3-6;9-3-6-1-2-10-7-4-12-5-8(7)11-6;8-5-1-9-6-3-11-4-7(6)10-2-5;8-1-5-2-9-6-3-11-4-7(6)10-5;4*1-2;;;;;;;;/h4-5,8,13-14H,1-3H3;4-5,8H,1-3H3;2*4-6,9H,1-3H2;2*3-5,8H,1-2H2;4*1-2H3;;;;;;;;/q;-2;;;;;;;;;;;;;;;;. The number of phenols is 2. The van der Waals surface area contributed by atoms with Gasteiger partial charge < -0.3 is 68.5 Å². The molecule has 88 heavy (non-hydrogen) atoms. The third-order valence-corrected chi connectivity index (χ3v) is 12.1. The fraction of sp³-hybridized carbons (Fsp3) is 0.484. The van der Waals surface area contributed by atoms with Gasteiger partial charge in [0.05, 0.1) is 51.1 Å². The molecule has 26 heteroatoms. The van der Waals surface area contributed by atoms with Crippen molar-refractivity contribution in [2.75, 3.05) is 59.5 Å². The van der Waals surface area contributed by atoms with Gasteiger partial charge >= 0.3 is 0 Å². The smallest absolute Gasteiger partial charge is 0.172 e. The van der Waals surface area contributed by atoms with Crippen LogP contribution in [0.15, 0.2) is 79.4 Å². The molecule has 4 aromatic heterocycles. The number of aromatic hydroxyl groups is 2. The quantitative estimate of drug-likeness (QED) is 0.0556. The third kappa shape index (κ3) is 47.1. The average Bonchev–Trinajstić information content (AvgIpc) is 4.49. The Balaban J connectivity index is -0.000000140. The minimum absolute atomic E-state index is 0. The van der Waals surface area contributed by atoms with Gasteiger partial charge in [0.15, 0.2) is 52.1 Å². The van der Waals surface area contributed by atoms with Crippen LogP contribution in [0.25, 0.3) is 0 Å². The molecular formula is C62H86O14S4Y8-2. The number of ether oxygens (including phenoxy) is 8. The molecule has 2 aromatic carbocycles. The van der Waals surface area contributed by atoms with E-state index in [1.807, 2.05) is 137 Å². The van der Waals surface area contributed by atoms with Crippen molar-refractivity contribution < 1.29 is 330 Å². The van der Waals surface area contributed by atoms with E-state index in [9.17, 15) is 10.2 Å². The molecule has 468 valence electrons. The second-order valence-corrected chi connectivity index (χ2v) is 21.0. The van der Waals surface area contributed by atoms with Gasteiger partial charge in [-0.05, 0) is 59.7 Å². The number of aliphatic hydroxyl groups is 4. The van der Waals surface area contributed by atoms with Crippen molar-refractivity contribution in [3.63, 3.8) is 0 Å². The first-order valence-electron chi connectivity index (χ1n) is 26.8.